The van der Waals surface area contributed by atoms with Gasteiger partial charge in [-0.2, -0.15) is 5.10 Å². The van der Waals surface area contributed by atoms with Crippen molar-refractivity contribution in [1.29, 1.82) is 5.41 Å². The molecule has 2 rings (SSSR count). The predicted molar refractivity (Wildman–Crippen MR) is 99.4 cm³/mol. The van der Waals surface area contributed by atoms with Crippen LogP contribution >= 0.6 is 11.6 Å². The molecule has 146 valence electrons. The normalized spacial score (nSPS) is 15.8. The van der Waals surface area contributed by atoms with E-state index < -0.39 is 12.2 Å². The van der Waals surface area contributed by atoms with E-state index in [0.29, 0.717) is 17.8 Å². The summed E-state index contributed by atoms with van der Waals surface area (Å²) in [5, 5.41) is 16.2. The number of hydrogen-bond donors (Lipinski definition) is 2. The van der Waals surface area contributed by atoms with Crippen molar-refractivity contribution in [2.45, 2.75) is 20.8 Å². The summed E-state index contributed by atoms with van der Waals surface area (Å²) in [4.78, 5) is 23.2. The Balaban J connectivity index is 2.26. The summed E-state index contributed by atoms with van der Waals surface area (Å²) >= 11 is 6.19. The molecule has 0 radical (unpaired) electrons. The second-order valence-electron chi connectivity index (χ2n) is 5.56. The molecule has 1 heterocycles. The number of carbonyl (C=O) groups is 2. The molecule has 0 bridgehead atoms. The third-order valence-electron chi connectivity index (χ3n) is 3.59. The lowest BCUT2D eigenvalue weighted by atomic mass is 9.98. The Hall–Kier alpha value is -2.81. The molecular weight excluding hydrogens is 376 g/mol. The Morgan fingerprint density at radius 3 is 2.70 bits per heavy atom. The Morgan fingerprint density at radius 1 is 1.33 bits per heavy atom. The van der Waals surface area contributed by atoms with E-state index in [2.05, 4.69) is 10.4 Å². The van der Waals surface area contributed by atoms with Crippen molar-refractivity contribution in [3.8, 4) is 5.75 Å². The van der Waals surface area contributed by atoms with Crippen LogP contribution in [0.1, 0.15) is 26.3 Å². The Bertz CT molecular complexity index is 768. The number of nitrogens with zero attached hydrogens (tertiary/aromatic N) is 2. The smallest absolute Gasteiger partial charge is 0.450 e. The van der Waals surface area contributed by atoms with Crippen molar-refractivity contribution in [1.82, 2.24) is 10.3 Å². The fourth-order valence-electron chi connectivity index (χ4n) is 2.45. The van der Waals surface area contributed by atoms with Crippen molar-refractivity contribution >= 4 is 35.5 Å². The zero-order chi connectivity index (χ0) is 20.0. The molecule has 1 aliphatic rings. The van der Waals surface area contributed by atoms with Crippen molar-refractivity contribution in [3.05, 3.63) is 28.8 Å². The zero-order valence-corrected chi connectivity index (χ0v) is 16.0. The fourth-order valence-corrected chi connectivity index (χ4v) is 2.66. The number of ether oxygens (including phenoxy) is 3. The average molecular weight is 397 g/mol. The van der Waals surface area contributed by atoms with Crippen LogP contribution in [0.15, 0.2) is 23.3 Å². The molecule has 10 heteroatoms. The van der Waals surface area contributed by atoms with Gasteiger partial charge in [0.25, 0.3) is 0 Å². The number of benzene rings is 1. The summed E-state index contributed by atoms with van der Waals surface area (Å²) in [6.07, 6.45) is -1.60. The van der Waals surface area contributed by atoms with E-state index in [0.717, 1.165) is 0 Å². The molecule has 0 aromatic heterocycles. The number of guanidine groups is 1. The van der Waals surface area contributed by atoms with Gasteiger partial charge in [-0.1, -0.05) is 24.6 Å². The molecule has 0 fully saturated rings. The summed E-state index contributed by atoms with van der Waals surface area (Å²) in [6, 6.07) is 5.00. The van der Waals surface area contributed by atoms with Gasteiger partial charge in [0.2, 0.25) is 5.96 Å². The minimum absolute atomic E-state index is 0.114. The third kappa shape index (κ3) is 5.10. The van der Waals surface area contributed by atoms with Crippen LogP contribution in [0.2, 0.25) is 5.02 Å². The van der Waals surface area contributed by atoms with E-state index in [1.54, 1.807) is 32.0 Å². The molecule has 2 N–H and O–H groups in total. The minimum Gasteiger partial charge on any atom is -0.450 e. The molecule has 0 spiro atoms. The van der Waals surface area contributed by atoms with E-state index in [9.17, 15) is 9.59 Å². The Labute approximate surface area is 161 Å². The van der Waals surface area contributed by atoms with Gasteiger partial charge in [-0.05, 0) is 26.0 Å². The molecular formula is C17H21ClN4O5. The third-order valence-corrected chi connectivity index (χ3v) is 3.88. The molecule has 1 aliphatic heterocycles. The van der Waals surface area contributed by atoms with Crippen LogP contribution in [0.5, 0.6) is 5.75 Å². The topological polar surface area (TPSA) is 113 Å². The van der Waals surface area contributed by atoms with Crippen LogP contribution in [0.3, 0.4) is 0 Å². The molecule has 1 aromatic carbocycles. The van der Waals surface area contributed by atoms with Gasteiger partial charge in [-0.25, -0.2) is 14.6 Å². The summed E-state index contributed by atoms with van der Waals surface area (Å²) in [5.41, 5.74) is 1.07. The van der Waals surface area contributed by atoms with Crippen molar-refractivity contribution in [2.75, 3.05) is 19.8 Å². The largest absolute Gasteiger partial charge is 0.513 e. The van der Waals surface area contributed by atoms with Crippen molar-refractivity contribution in [2.24, 2.45) is 11.0 Å². The van der Waals surface area contributed by atoms with Crippen LogP contribution in [0, 0.1) is 11.3 Å². The highest BCUT2D eigenvalue weighted by molar-refractivity contribution is 6.33. The molecule has 1 aromatic rings. The summed E-state index contributed by atoms with van der Waals surface area (Å²) < 4.78 is 14.8. The number of para-hydroxylation sites is 1. The van der Waals surface area contributed by atoms with Gasteiger partial charge in [-0.15, -0.1) is 0 Å². The molecule has 0 saturated carbocycles. The lowest BCUT2D eigenvalue weighted by Gasteiger charge is -2.15. The molecule has 1 unspecified atom stereocenters. The standard InChI is InChI=1S/C17H21ClN4O5/c1-4-25-16(23)20-15(19)22-9-10(3)13(21-22)11-7-6-8-12(18)14(11)27-17(24)26-5-2/h6-8,10H,4-5,9H2,1-3H3,(H2,19,20,23). The second kappa shape index (κ2) is 9.22. The van der Waals surface area contributed by atoms with Gasteiger partial charge in [0, 0.05) is 11.5 Å². The number of hydrogen-bond acceptors (Lipinski definition) is 7. The van der Waals surface area contributed by atoms with Gasteiger partial charge in [-0.3, -0.25) is 10.7 Å². The van der Waals surface area contributed by atoms with Crippen LogP contribution in [0.4, 0.5) is 9.59 Å². The van der Waals surface area contributed by atoms with Gasteiger partial charge in [0.1, 0.15) is 0 Å². The number of carbonyl (C=O) groups excluding carboxylic acids is 2. The minimum atomic E-state index is -0.869. The number of halogens is 1. The molecule has 9 nitrogen and oxygen atoms in total. The number of amides is 1. The first-order valence-corrected chi connectivity index (χ1v) is 8.76. The Kier molecular flexibility index (Phi) is 7.00. The molecule has 1 amide bonds. The summed E-state index contributed by atoms with van der Waals surface area (Å²) in [5.74, 6) is -0.197. The highest BCUT2D eigenvalue weighted by atomic mass is 35.5. The van der Waals surface area contributed by atoms with Gasteiger partial charge >= 0.3 is 12.2 Å². The first-order valence-electron chi connectivity index (χ1n) is 8.39. The maximum atomic E-state index is 11.7. The second-order valence-corrected chi connectivity index (χ2v) is 5.97. The van der Waals surface area contributed by atoms with Gasteiger partial charge in [0.05, 0.1) is 30.5 Å². The quantitative estimate of drug-likeness (QED) is 0.349. The maximum absolute atomic E-state index is 11.7. The van der Waals surface area contributed by atoms with E-state index >= 15 is 0 Å². The first-order chi connectivity index (χ1) is 12.9. The summed E-state index contributed by atoms with van der Waals surface area (Å²) in [6.45, 7) is 5.94. The van der Waals surface area contributed by atoms with Gasteiger partial charge < -0.3 is 14.2 Å². The van der Waals surface area contributed by atoms with Crippen LogP contribution in [0.25, 0.3) is 0 Å². The van der Waals surface area contributed by atoms with Crippen LogP contribution in [-0.4, -0.2) is 48.7 Å². The van der Waals surface area contributed by atoms with Gasteiger partial charge in [0.15, 0.2) is 5.75 Å². The maximum Gasteiger partial charge on any atom is 0.513 e. The highest BCUT2D eigenvalue weighted by Gasteiger charge is 2.30. The zero-order valence-electron chi connectivity index (χ0n) is 15.2. The van der Waals surface area contributed by atoms with E-state index in [4.69, 9.17) is 31.2 Å². The first kappa shape index (κ1) is 20.5. The van der Waals surface area contributed by atoms with Crippen molar-refractivity contribution < 1.29 is 23.8 Å². The lowest BCUT2D eigenvalue weighted by molar-refractivity contribution is 0.104. The molecule has 0 saturated heterocycles. The monoisotopic (exact) mass is 396 g/mol. The number of alkyl carbamates (subject to hydrolysis) is 1. The van der Waals surface area contributed by atoms with E-state index in [1.807, 2.05) is 6.92 Å². The average Bonchev–Trinajstić information content (AvgIpc) is 2.99. The lowest BCUT2D eigenvalue weighted by Crippen LogP contribution is -2.40. The van der Waals surface area contributed by atoms with E-state index in [-0.39, 0.29) is 35.9 Å². The van der Waals surface area contributed by atoms with Crippen molar-refractivity contribution in [3.63, 3.8) is 0 Å². The summed E-state index contributed by atoms with van der Waals surface area (Å²) in [7, 11) is 0. The molecule has 27 heavy (non-hydrogen) atoms. The predicted octanol–water partition coefficient (Wildman–Crippen LogP) is 3.21. The molecule has 0 aliphatic carbocycles. The molecule has 1 atom stereocenters. The van der Waals surface area contributed by atoms with Crippen LogP contribution < -0.4 is 10.1 Å². The number of nitrogens with one attached hydrogen (secondary N) is 2. The fraction of sp³-hybridized carbons (Fsp3) is 0.412. The Morgan fingerprint density at radius 2 is 2.04 bits per heavy atom. The number of hydrazone groups is 1. The number of rotatable bonds is 4. The highest BCUT2D eigenvalue weighted by Crippen LogP contribution is 2.33. The van der Waals surface area contributed by atoms with E-state index in [1.165, 1.54) is 5.01 Å². The van der Waals surface area contributed by atoms with Crippen LogP contribution in [-0.2, 0) is 9.47 Å². The SMILES string of the molecule is CCOC(=O)NC(=N)N1CC(C)C(c2cccc(Cl)c2OC(=O)OCC)=N1.